The summed E-state index contributed by atoms with van der Waals surface area (Å²) >= 11 is 0. The lowest BCUT2D eigenvalue weighted by Gasteiger charge is -2.27. The van der Waals surface area contributed by atoms with Crippen LogP contribution < -0.4 is 4.74 Å². The molecular formula is C19H21N5O3. The molecule has 1 amide bonds. The Labute approximate surface area is 157 Å². The number of aliphatic imine (C=N–C) groups is 2. The van der Waals surface area contributed by atoms with Gasteiger partial charge in [-0.3, -0.25) is 14.5 Å². The molecule has 0 unspecified atom stereocenters. The van der Waals surface area contributed by atoms with Crippen molar-refractivity contribution in [2.24, 2.45) is 9.98 Å². The molecule has 3 rings (SSSR count). The normalized spacial score (nSPS) is 14.0. The number of carbonyl (C=O) groups excluding carboxylic acids is 1. The lowest BCUT2D eigenvalue weighted by Crippen LogP contribution is -2.39. The van der Waals surface area contributed by atoms with E-state index in [4.69, 9.17) is 9.47 Å². The van der Waals surface area contributed by atoms with Gasteiger partial charge in [0.25, 0.3) is 5.91 Å². The average molecular weight is 367 g/mol. The Hall–Kier alpha value is -3.42. The third-order valence-corrected chi connectivity index (χ3v) is 4.19. The van der Waals surface area contributed by atoms with Gasteiger partial charge in [-0.15, -0.1) is 5.10 Å². The van der Waals surface area contributed by atoms with Crippen LogP contribution in [-0.4, -0.2) is 47.7 Å². The van der Waals surface area contributed by atoms with Crippen molar-refractivity contribution in [3.63, 3.8) is 0 Å². The fraction of sp³-hybridized carbons (Fsp3) is 0.263. The second-order valence-corrected chi connectivity index (χ2v) is 5.87. The first-order valence-electron chi connectivity index (χ1n) is 8.40. The third-order valence-electron chi connectivity index (χ3n) is 4.19. The Morgan fingerprint density at radius 1 is 1.22 bits per heavy atom. The van der Waals surface area contributed by atoms with Crippen molar-refractivity contribution in [1.29, 1.82) is 0 Å². The van der Waals surface area contributed by atoms with Crippen LogP contribution in [0.15, 0.2) is 58.0 Å². The summed E-state index contributed by atoms with van der Waals surface area (Å²) in [5, 5.41) is 4.45. The van der Waals surface area contributed by atoms with Gasteiger partial charge in [0.15, 0.2) is 5.70 Å². The third kappa shape index (κ3) is 4.05. The molecular weight excluding hydrogens is 346 g/mol. The average Bonchev–Trinajstić information content (AvgIpc) is 3.12. The van der Waals surface area contributed by atoms with Gasteiger partial charge in [0, 0.05) is 12.6 Å². The van der Waals surface area contributed by atoms with Gasteiger partial charge in [0.05, 0.1) is 25.9 Å². The second-order valence-electron chi connectivity index (χ2n) is 5.87. The number of hydrogen-bond donors (Lipinski definition) is 0. The van der Waals surface area contributed by atoms with E-state index in [0.717, 1.165) is 11.3 Å². The topological polar surface area (TPSA) is 81.3 Å². The SMILES string of the molecule is C=N/C(OC)=C(\N=C)C(=O)N1CCn2nc(OCc3ccccc3)cc2C1. The highest BCUT2D eigenvalue weighted by atomic mass is 16.5. The molecule has 8 nitrogen and oxygen atoms in total. The highest BCUT2D eigenvalue weighted by Crippen LogP contribution is 2.21. The molecule has 1 aliphatic rings. The summed E-state index contributed by atoms with van der Waals surface area (Å²) in [6.45, 7) is 8.69. The molecule has 2 aromatic rings. The summed E-state index contributed by atoms with van der Waals surface area (Å²) in [6.07, 6.45) is 0. The van der Waals surface area contributed by atoms with Crippen LogP contribution in [-0.2, 0) is 29.2 Å². The quantitative estimate of drug-likeness (QED) is 0.426. The summed E-state index contributed by atoms with van der Waals surface area (Å²) in [5.74, 6) is 0.278. The van der Waals surface area contributed by atoms with Crippen molar-refractivity contribution in [3.8, 4) is 5.88 Å². The maximum atomic E-state index is 12.7. The van der Waals surface area contributed by atoms with Gasteiger partial charge in [0.2, 0.25) is 11.8 Å². The van der Waals surface area contributed by atoms with E-state index in [-0.39, 0.29) is 17.5 Å². The van der Waals surface area contributed by atoms with Crippen molar-refractivity contribution in [2.45, 2.75) is 19.7 Å². The Bertz CT molecular complexity index is 873. The molecule has 0 radical (unpaired) electrons. The minimum Gasteiger partial charge on any atom is -0.479 e. The number of amides is 1. The Morgan fingerprint density at radius 3 is 2.67 bits per heavy atom. The van der Waals surface area contributed by atoms with E-state index < -0.39 is 0 Å². The number of aromatic nitrogens is 2. The van der Waals surface area contributed by atoms with Crippen LogP contribution in [0, 0.1) is 0 Å². The van der Waals surface area contributed by atoms with Gasteiger partial charge in [-0.2, -0.15) is 0 Å². The molecule has 0 saturated carbocycles. The minimum absolute atomic E-state index is 0.0426. The highest BCUT2D eigenvalue weighted by Gasteiger charge is 2.27. The van der Waals surface area contributed by atoms with Gasteiger partial charge in [-0.05, 0) is 19.0 Å². The maximum Gasteiger partial charge on any atom is 0.278 e. The van der Waals surface area contributed by atoms with Crippen molar-refractivity contribution in [3.05, 3.63) is 59.2 Å². The number of carbonyl (C=O) groups is 1. The van der Waals surface area contributed by atoms with Crippen LogP contribution in [0.3, 0.4) is 0 Å². The number of ether oxygens (including phenoxy) is 2. The van der Waals surface area contributed by atoms with Gasteiger partial charge < -0.3 is 14.4 Å². The van der Waals surface area contributed by atoms with Crippen molar-refractivity contribution >= 4 is 19.3 Å². The zero-order valence-electron chi connectivity index (χ0n) is 15.2. The fourth-order valence-electron chi connectivity index (χ4n) is 2.83. The molecule has 0 fully saturated rings. The fourth-order valence-corrected chi connectivity index (χ4v) is 2.83. The molecule has 1 aromatic heterocycles. The molecule has 0 spiro atoms. The highest BCUT2D eigenvalue weighted by molar-refractivity contribution is 5.94. The molecule has 0 aliphatic carbocycles. The molecule has 2 heterocycles. The maximum absolute atomic E-state index is 12.7. The second kappa shape index (κ2) is 8.31. The lowest BCUT2D eigenvalue weighted by atomic mass is 10.2. The first kappa shape index (κ1) is 18.4. The Kier molecular flexibility index (Phi) is 5.65. The molecule has 0 bridgehead atoms. The Morgan fingerprint density at radius 2 is 2.00 bits per heavy atom. The van der Waals surface area contributed by atoms with Crippen LogP contribution in [0.5, 0.6) is 5.88 Å². The molecule has 1 aliphatic heterocycles. The lowest BCUT2D eigenvalue weighted by molar-refractivity contribution is -0.128. The summed E-state index contributed by atoms with van der Waals surface area (Å²) < 4.78 is 12.7. The molecule has 1 aromatic carbocycles. The first-order valence-corrected chi connectivity index (χ1v) is 8.40. The van der Waals surface area contributed by atoms with Crippen LogP contribution >= 0.6 is 0 Å². The molecule has 140 valence electrons. The van der Waals surface area contributed by atoms with Crippen LogP contribution in [0.2, 0.25) is 0 Å². The van der Waals surface area contributed by atoms with Gasteiger partial charge in [-0.25, -0.2) is 4.99 Å². The van der Waals surface area contributed by atoms with E-state index in [2.05, 4.69) is 28.5 Å². The van der Waals surface area contributed by atoms with Crippen LogP contribution in [0.25, 0.3) is 0 Å². The zero-order chi connectivity index (χ0) is 19.2. The number of benzene rings is 1. The number of hydrogen-bond acceptors (Lipinski definition) is 6. The summed E-state index contributed by atoms with van der Waals surface area (Å²) in [6, 6.07) is 11.7. The van der Waals surface area contributed by atoms with Crippen molar-refractivity contribution in [2.75, 3.05) is 13.7 Å². The van der Waals surface area contributed by atoms with Crippen molar-refractivity contribution in [1.82, 2.24) is 14.7 Å². The number of nitrogens with zero attached hydrogens (tertiary/aromatic N) is 5. The molecule has 8 heteroatoms. The first-order chi connectivity index (χ1) is 13.2. The van der Waals surface area contributed by atoms with Gasteiger partial charge >= 0.3 is 0 Å². The van der Waals surface area contributed by atoms with E-state index in [9.17, 15) is 4.79 Å². The molecule has 0 saturated heterocycles. The predicted octanol–water partition coefficient (Wildman–Crippen LogP) is 2.02. The standard InChI is InChI=1S/C19H21N5O3/c1-20-17(18(21-2)26-3)19(25)23-9-10-24-15(12-23)11-16(22-24)27-13-14-7-5-4-6-8-14/h4-8,11H,1-2,9-10,12-13H2,3H3/b18-17+. The molecule has 0 N–H and O–H groups in total. The minimum atomic E-state index is -0.312. The largest absolute Gasteiger partial charge is 0.479 e. The summed E-state index contributed by atoms with van der Waals surface area (Å²) in [5.41, 5.74) is 1.99. The number of rotatable bonds is 7. The van der Waals surface area contributed by atoms with E-state index in [1.807, 2.05) is 41.1 Å². The summed E-state index contributed by atoms with van der Waals surface area (Å²) in [7, 11) is 1.41. The predicted molar refractivity (Wildman–Crippen MR) is 102 cm³/mol. The number of fused-ring (bicyclic) bond motifs is 1. The molecule has 27 heavy (non-hydrogen) atoms. The van der Waals surface area contributed by atoms with Crippen LogP contribution in [0.4, 0.5) is 0 Å². The monoisotopic (exact) mass is 367 g/mol. The number of methoxy groups -OCH3 is 1. The van der Waals surface area contributed by atoms with E-state index >= 15 is 0 Å². The Balaban J connectivity index is 1.70. The van der Waals surface area contributed by atoms with Gasteiger partial charge in [-0.1, -0.05) is 30.3 Å². The zero-order valence-corrected chi connectivity index (χ0v) is 15.2. The smallest absolute Gasteiger partial charge is 0.278 e. The van der Waals surface area contributed by atoms with E-state index in [0.29, 0.717) is 32.1 Å². The van der Waals surface area contributed by atoms with E-state index in [1.165, 1.54) is 7.11 Å². The van der Waals surface area contributed by atoms with E-state index in [1.54, 1.807) is 4.90 Å². The van der Waals surface area contributed by atoms with Crippen molar-refractivity contribution < 1.29 is 14.3 Å². The van der Waals surface area contributed by atoms with Crippen LogP contribution in [0.1, 0.15) is 11.3 Å². The van der Waals surface area contributed by atoms with Gasteiger partial charge in [0.1, 0.15) is 6.61 Å². The summed E-state index contributed by atoms with van der Waals surface area (Å²) in [4.78, 5) is 21.8. The molecule has 0 atom stereocenters.